The number of rotatable bonds is 2. The Hall–Kier alpha value is -0.990. The Morgan fingerprint density at radius 1 is 1.67 bits per heavy atom. The monoisotopic (exact) mass is 170 g/mol. The van der Waals surface area contributed by atoms with Gasteiger partial charge in [-0.3, -0.25) is 0 Å². The first-order valence-electron chi connectivity index (χ1n) is 4.25. The maximum absolute atomic E-state index is 11.2. The summed E-state index contributed by atoms with van der Waals surface area (Å²) in [7, 11) is 0. The zero-order valence-corrected chi connectivity index (χ0v) is 7.55. The third kappa shape index (κ3) is 2.00. The minimum absolute atomic E-state index is 0.255. The number of hydrogen-bond donors (Lipinski definition) is 0. The van der Waals surface area contributed by atoms with E-state index in [1.807, 2.05) is 0 Å². The molecule has 0 amide bonds. The lowest BCUT2D eigenvalue weighted by molar-refractivity contribution is -0.138. The number of hydrogen-bond acceptors (Lipinski definition) is 3. The number of allylic oxidation sites excluding steroid dienone is 1. The first kappa shape index (κ1) is 9.10. The Kier molecular flexibility index (Phi) is 3.14. The van der Waals surface area contributed by atoms with E-state index in [1.165, 1.54) is 0 Å². The van der Waals surface area contributed by atoms with Gasteiger partial charge in [0.25, 0.3) is 0 Å². The molecule has 0 aromatic heterocycles. The van der Waals surface area contributed by atoms with Crippen molar-refractivity contribution in [3.05, 3.63) is 11.3 Å². The molecule has 0 atom stereocenters. The fourth-order valence-corrected chi connectivity index (χ4v) is 1.15. The standard InChI is InChI=1S/C9H14O3/c1-3-11-9(10)7(2)8-5-4-6-12-8/h3-6H2,1-2H3/b8-7-. The van der Waals surface area contributed by atoms with Crippen molar-refractivity contribution < 1.29 is 14.3 Å². The highest BCUT2D eigenvalue weighted by Crippen LogP contribution is 2.20. The van der Waals surface area contributed by atoms with Gasteiger partial charge < -0.3 is 9.47 Å². The molecule has 1 rings (SSSR count). The average molecular weight is 170 g/mol. The number of carbonyl (C=O) groups is 1. The van der Waals surface area contributed by atoms with Gasteiger partial charge in [-0.15, -0.1) is 0 Å². The van der Waals surface area contributed by atoms with E-state index in [2.05, 4.69) is 0 Å². The van der Waals surface area contributed by atoms with E-state index in [4.69, 9.17) is 9.47 Å². The molecule has 0 saturated carbocycles. The second-order valence-corrected chi connectivity index (χ2v) is 2.72. The summed E-state index contributed by atoms with van der Waals surface area (Å²) in [6, 6.07) is 0. The number of carbonyl (C=O) groups excluding carboxylic acids is 1. The van der Waals surface area contributed by atoms with Crippen LogP contribution in [0, 0.1) is 0 Å². The van der Waals surface area contributed by atoms with Gasteiger partial charge in [0.1, 0.15) is 5.76 Å². The molecule has 1 aliphatic rings. The van der Waals surface area contributed by atoms with Crippen LogP contribution in [-0.4, -0.2) is 19.2 Å². The highest BCUT2D eigenvalue weighted by molar-refractivity contribution is 5.88. The maximum atomic E-state index is 11.2. The molecule has 68 valence electrons. The van der Waals surface area contributed by atoms with Crippen molar-refractivity contribution in [2.45, 2.75) is 26.7 Å². The smallest absolute Gasteiger partial charge is 0.337 e. The van der Waals surface area contributed by atoms with Gasteiger partial charge >= 0.3 is 5.97 Å². The predicted octanol–water partition coefficient (Wildman–Crippen LogP) is 1.63. The van der Waals surface area contributed by atoms with Gasteiger partial charge in [-0.25, -0.2) is 4.79 Å². The summed E-state index contributed by atoms with van der Waals surface area (Å²) in [5, 5.41) is 0. The minimum Gasteiger partial charge on any atom is -0.497 e. The zero-order chi connectivity index (χ0) is 8.97. The SMILES string of the molecule is CCOC(=O)/C(C)=C1/CCCO1. The van der Waals surface area contributed by atoms with E-state index in [-0.39, 0.29) is 5.97 Å². The van der Waals surface area contributed by atoms with E-state index in [9.17, 15) is 4.79 Å². The van der Waals surface area contributed by atoms with E-state index in [1.54, 1.807) is 13.8 Å². The van der Waals surface area contributed by atoms with E-state index in [0.717, 1.165) is 25.2 Å². The van der Waals surface area contributed by atoms with Crippen LogP contribution in [-0.2, 0) is 14.3 Å². The summed E-state index contributed by atoms with van der Waals surface area (Å²) in [5.41, 5.74) is 0.620. The quantitative estimate of drug-likeness (QED) is 0.466. The summed E-state index contributed by atoms with van der Waals surface area (Å²) in [6.45, 7) is 4.69. The molecular formula is C9H14O3. The third-order valence-electron chi connectivity index (χ3n) is 1.82. The summed E-state index contributed by atoms with van der Waals surface area (Å²) in [4.78, 5) is 11.2. The van der Waals surface area contributed by atoms with E-state index >= 15 is 0 Å². The molecule has 12 heavy (non-hydrogen) atoms. The van der Waals surface area contributed by atoms with Crippen LogP contribution < -0.4 is 0 Å². The molecule has 0 aliphatic carbocycles. The van der Waals surface area contributed by atoms with Crippen molar-refractivity contribution in [3.63, 3.8) is 0 Å². The molecule has 0 radical (unpaired) electrons. The Labute approximate surface area is 72.4 Å². The lowest BCUT2D eigenvalue weighted by Crippen LogP contribution is -2.07. The molecule has 3 heteroatoms. The minimum atomic E-state index is -0.255. The largest absolute Gasteiger partial charge is 0.497 e. The summed E-state index contributed by atoms with van der Waals surface area (Å²) in [5.74, 6) is 0.544. The van der Waals surface area contributed by atoms with Crippen LogP contribution in [0.25, 0.3) is 0 Å². The van der Waals surface area contributed by atoms with Crippen molar-refractivity contribution in [1.82, 2.24) is 0 Å². The molecule has 0 spiro atoms. The fourth-order valence-electron chi connectivity index (χ4n) is 1.15. The summed E-state index contributed by atoms with van der Waals surface area (Å²) in [6.07, 6.45) is 1.87. The zero-order valence-electron chi connectivity index (χ0n) is 7.55. The van der Waals surface area contributed by atoms with Crippen LogP contribution >= 0.6 is 0 Å². The summed E-state index contributed by atoms with van der Waals surface area (Å²) >= 11 is 0. The second-order valence-electron chi connectivity index (χ2n) is 2.72. The molecule has 0 unspecified atom stereocenters. The lowest BCUT2D eigenvalue weighted by atomic mass is 10.2. The van der Waals surface area contributed by atoms with E-state index < -0.39 is 0 Å². The van der Waals surface area contributed by atoms with Crippen molar-refractivity contribution in [2.75, 3.05) is 13.2 Å². The van der Waals surface area contributed by atoms with Crippen LogP contribution in [0.5, 0.6) is 0 Å². The van der Waals surface area contributed by atoms with Crippen LogP contribution in [0.15, 0.2) is 11.3 Å². The van der Waals surface area contributed by atoms with Gasteiger partial charge in [0.05, 0.1) is 18.8 Å². The van der Waals surface area contributed by atoms with Gasteiger partial charge in [0.15, 0.2) is 0 Å². The van der Waals surface area contributed by atoms with Crippen LogP contribution in [0.2, 0.25) is 0 Å². The van der Waals surface area contributed by atoms with Crippen LogP contribution in [0.4, 0.5) is 0 Å². The first-order chi connectivity index (χ1) is 5.75. The van der Waals surface area contributed by atoms with Crippen molar-refractivity contribution >= 4 is 5.97 Å². The van der Waals surface area contributed by atoms with Gasteiger partial charge in [-0.2, -0.15) is 0 Å². The fraction of sp³-hybridized carbons (Fsp3) is 0.667. The topological polar surface area (TPSA) is 35.5 Å². The average Bonchev–Trinajstić information content (AvgIpc) is 2.55. The predicted molar refractivity (Wildman–Crippen MR) is 44.5 cm³/mol. The number of esters is 1. The first-order valence-corrected chi connectivity index (χ1v) is 4.25. The van der Waals surface area contributed by atoms with Gasteiger partial charge in [0.2, 0.25) is 0 Å². The van der Waals surface area contributed by atoms with Gasteiger partial charge in [-0.05, 0) is 20.3 Å². The molecular weight excluding hydrogens is 156 g/mol. The molecule has 0 N–H and O–H groups in total. The van der Waals surface area contributed by atoms with E-state index in [0.29, 0.717) is 12.2 Å². The molecule has 0 bridgehead atoms. The number of ether oxygens (including phenoxy) is 2. The molecule has 1 heterocycles. The molecule has 1 saturated heterocycles. The van der Waals surface area contributed by atoms with Crippen LogP contribution in [0.3, 0.4) is 0 Å². The van der Waals surface area contributed by atoms with Crippen LogP contribution in [0.1, 0.15) is 26.7 Å². The second kappa shape index (κ2) is 4.14. The molecule has 1 fully saturated rings. The Bertz CT molecular complexity index is 198. The molecule has 3 nitrogen and oxygen atoms in total. The van der Waals surface area contributed by atoms with Gasteiger partial charge in [0, 0.05) is 6.42 Å². The Morgan fingerprint density at radius 3 is 2.92 bits per heavy atom. The maximum Gasteiger partial charge on any atom is 0.337 e. The molecule has 1 aliphatic heterocycles. The van der Waals surface area contributed by atoms with Crippen molar-refractivity contribution in [3.8, 4) is 0 Å². The lowest BCUT2D eigenvalue weighted by Gasteiger charge is -2.04. The van der Waals surface area contributed by atoms with Crippen molar-refractivity contribution in [1.29, 1.82) is 0 Å². The summed E-state index contributed by atoms with van der Waals surface area (Å²) < 4.78 is 10.1. The molecule has 0 aromatic carbocycles. The molecule has 0 aromatic rings. The normalized spacial score (nSPS) is 20.2. The third-order valence-corrected chi connectivity index (χ3v) is 1.82. The Balaban J connectivity index is 2.60. The highest BCUT2D eigenvalue weighted by Gasteiger charge is 2.16. The van der Waals surface area contributed by atoms with Crippen molar-refractivity contribution in [2.24, 2.45) is 0 Å². The Morgan fingerprint density at radius 2 is 2.42 bits per heavy atom. The highest BCUT2D eigenvalue weighted by atomic mass is 16.5. The van der Waals surface area contributed by atoms with Gasteiger partial charge in [-0.1, -0.05) is 0 Å².